The van der Waals surface area contributed by atoms with Crippen LogP contribution in [0.25, 0.3) is 0 Å². The van der Waals surface area contributed by atoms with E-state index < -0.39 is 35.6 Å². The Morgan fingerprint density at radius 3 is 2.28 bits per heavy atom. The average molecular weight is 450 g/mol. The molecule has 2 unspecified atom stereocenters. The number of esters is 1. The lowest BCUT2D eigenvalue weighted by Gasteiger charge is -2.38. The number of amides is 2. The van der Waals surface area contributed by atoms with Gasteiger partial charge in [-0.15, -0.1) is 0 Å². The number of ketones is 1. The van der Waals surface area contributed by atoms with Gasteiger partial charge in [-0.1, -0.05) is 6.92 Å². The molecular weight excluding hydrogens is 420 g/mol. The molecule has 1 aliphatic heterocycles. The van der Waals surface area contributed by atoms with Gasteiger partial charge in [0.1, 0.15) is 5.75 Å². The monoisotopic (exact) mass is 450 g/mol. The number of likely N-dealkylation sites (tertiary alicyclic amines) is 1. The third-order valence-corrected chi connectivity index (χ3v) is 5.63. The summed E-state index contributed by atoms with van der Waals surface area (Å²) in [4.78, 5) is 49.1. The molecule has 2 amide bonds. The van der Waals surface area contributed by atoms with E-state index in [-0.39, 0.29) is 32.1 Å². The summed E-state index contributed by atoms with van der Waals surface area (Å²) in [5.41, 5.74) is 4.38. The second kappa shape index (κ2) is 10.9. The quantitative estimate of drug-likeness (QED) is 0.406. The highest BCUT2D eigenvalue weighted by Crippen LogP contribution is 2.30. The van der Waals surface area contributed by atoms with Crippen LogP contribution in [-0.4, -0.2) is 71.8 Å². The molecule has 1 heterocycles. The lowest BCUT2D eigenvalue weighted by atomic mass is 9.83. The molecule has 10 heteroatoms. The summed E-state index contributed by atoms with van der Waals surface area (Å²) in [5.74, 6) is -2.10. The van der Waals surface area contributed by atoms with Crippen molar-refractivity contribution >= 4 is 23.8 Å². The van der Waals surface area contributed by atoms with Crippen LogP contribution < -0.4 is 10.5 Å². The smallest absolute Gasteiger partial charge is 0.407 e. The van der Waals surface area contributed by atoms with Gasteiger partial charge in [0.2, 0.25) is 5.91 Å². The Bertz CT molecular complexity index is 833. The van der Waals surface area contributed by atoms with Gasteiger partial charge < -0.3 is 30.0 Å². The molecule has 0 saturated carbocycles. The van der Waals surface area contributed by atoms with Crippen LogP contribution in [-0.2, 0) is 19.1 Å². The second-order valence-corrected chi connectivity index (χ2v) is 7.76. The Hall–Kier alpha value is -3.14. The van der Waals surface area contributed by atoms with E-state index >= 15 is 0 Å². The zero-order valence-electron chi connectivity index (χ0n) is 18.5. The van der Waals surface area contributed by atoms with Gasteiger partial charge in [-0.2, -0.15) is 0 Å². The second-order valence-electron chi connectivity index (χ2n) is 7.76. The molecule has 176 valence electrons. The molecule has 3 N–H and O–H groups in total. The number of carbonyl (C=O) groups is 4. The van der Waals surface area contributed by atoms with E-state index in [2.05, 4.69) is 0 Å². The Kier molecular flexibility index (Phi) is 8.59. The van der Waals surface area contributed by atoms with Gasteiger partial charge in [-0.3, -0.25) is 9.59 Å². The van der Waals surface area contributed by atoms with Crippen molar-refractivity contribution in [3.05, 3.63) is 29.8 Å². The van der Waals surface area contributed by atoms with E-state index in [9.17, 15) is 19.2 Å². The number of rotatable bonds is 10. The minimum Gasteiger partial charge on any atom is -0.482 e. The van der Waals surface area contributed by atoms with Gasteiger partial charge in [-0.05, 0) is 51.0 Å². The minimum absolute atomic E-state index is 0.244. The van der Waals surface area contributed by atoms with Crippen LogP contribution in [0.4, 0.5) is 4.79 Å². The van der Waals surface area contributed by atoms with Crippen LogP contribution >= 0.6 is 0 Å². The average Bonchev–Trinajstić information content (AvgIpc) is 2.77. The molecule has 2 rings (SSSR count). The maximum atomic E-state index is 13.1. The molecule has 0 spiro atoms. The van der Waals surface area contributed by atoms with Crippen molar-refractivity contribution in [2.45, 2.75) is 45.3 Å². The van der Waals surface area contributed by atoms with E-state index in [1.807, 2.05) is 0 Å². The normalized spacial score (nSPS) is 17.2. The van der Waals surface area contributed by atoms with Crippen LogP contribution in [0.1, 0.15) is 44.0 Å². The maximum absolute atomic E-state index is 13.1. The number of carbonyl (C=O) groups excluding carboxylic acids is 3. The van der Waals surface area contributed by atoms with E-state index in [4.69, 9.17) is 25.1 Å². The molecule has 1 aliphatic rings. The third-order valence-electron chi connectivity index (χ3n) is 5.63. The number of carboxylic acid groups (broad SMARTS) is 1. The van der Waals surface area contributed by atoms with E-state index in [0.29, 0.717) is 24.2 Å². The molecule has 1 aromatic carbocycles. The molecule has 0 aliphatic carbocycles. The molecule has 10 nitrogen and oxygen atoms in total. The van der Waals surface area contributed by atoms with Gasteiger partial charge in [0.15, 0.2) is 18.0 Å². The van der Waals surface area contributed by atoms with Gasteiger partial charge >= 0.3 is 12.1 Å². The lowest BCUT2D eigenvalue weighted by Crippen LogP contribution is -2.54. The number of nitrogens with zero attached hydrogens (tertiary/aromatic N) is 1. The zero-order chi connectivity index (χ0) is 23.9. The zero-order valence-corrected chi connectivity index (χ0v) is 18.5. The van der Waals surface area contributed by atoms with Crippen molar-refractivity contribution in [2.24, 2.45) is 11.7 Å². The molecule has 1 saturated heterocycles. The molecule has 2 atom stereocenters. The summed E-state index contributed by atoms with van der Waals surface area (Å²) in [6, 6.07) is 6.16. The summed E-state index contributed by atoms with van der Waals surface area (Å²) in [7, 11) is 0. The number of primary amides is 1. The van der Waals surface area contributed by atoms with Crippen molar-refractivity contribution in [2.75, 3.05) is 26.3 Å². The van der Waals surface area contributed by atoms with Crippen molar-refractivity contribution in [1.29, 1.82) is 0 Å². The molecule has 32 heavy (non-hydrogen) atoms. The fraction of sp³-hybridized carbons (Fsp3) is 0.545. The first kappa shape index (κ1) is 25.1. The Morgan fingerprint density at radius 1 is 1.19 bits per heavy atom. The van der Waals surface area contributed by atoms with Gasteiger partial charge in [0.05, 0.1) is 18.6 Å². The van der Waals surface area contributed by atoms with E-state index in [1.165, 1.54) is 24.0 Å². The molecule has 0 radical (unpaired) electrons. The van der Waals surface area contributed by atoms with Gasteiger partial charge in [0, 0.05) is 18.7 Å². The third kappa shape index (κ3) is 6.19. The highest BCUT2D eigenvalue weighted by Gasteiger charge is 2.44. The first-order chi connectivity index (χ1) is 15.1. The van der Waals surface area contributed by atoms with Crippen LogP contribution in [0.5, 0.6) is 5.75 Å². The van der Waals surface area contributed by atoms with Gasteiger partial charge in [0.25, 0.3) is 0 Å². The number of nitrogens with two attached hydrogens (primary N) is 1. The van der Waals surface area contributed by atoms with Crippen molar-refractivity contribution in [3.63, 3.8) is 0 Å². The number of ether oxygens (including phenoxy) is 3. The highest BCUT2D eigenvalue weighted by atomic mass is 16.6. The Morgan fingerprint density at radius 2 is 1.78 bits per heavy atom. The van der Waals surface area contributed by atoms with Crippen LogP contribution in [0.2, 0.25) is 0 Å². The number of hydrogen-bond acceptors (Lipinski definition) is 7. The van der Waals surface area contributed by atoms with E-state index in [0.717, 1.165) is 0 Å². The SMILES string of the molecule is CCOC(=O)COc1ccc(C(=O)C(C)C(C)(OC2CCN(C(=O)O)CC2)C(N)=O)cc1. The van der Waals surface area contributed by atoms with E-state index in [1.54, 1.807) is 26.0 Å². The van der Waals surface area contributed by atoms with Crippen molar-refractivity contribution in [1.82, 2.24) is 4.90 Å². The molecule has 0 bridgehead atoms. The first-order valence-corrected chi connectivity index (χ1v) is 10.5. The van der Waals surface area contributed by atoms with Crippen molar-refractivity contribution in [3.8, 4) is 5.75 Å². The fourth-order valence-electron chi connectivity index (χ4n) is 3.45. The van der Waals surface area contributed by atoms with Crippen molar-refractivity contribution < 1.29 is 38.5 Å². The Balaban J connectivity index is 2.04. The first-order valence-electron chi connectivity index (χ1n) is 10.5. The maximum Gasteiger partial charge on any atom is 0.407 e. The fourth-order valence-corrected chi connectivity index (χ4v) is 3.45. The topological polar surface area (TPSA) is 145 Å². The largest absolute Gasteiger partial charge is 0.482 e. The number of hydrogen-bond donors (Lipinski definition) is 2. The molecule has 0 aromatic heterocycles. The molecule has 1 aromatic rings. The highest BCUT2D eigenvalue weighted by molar-refractivity contribution is 6.02. The van der Waals surface area contributed by atoms with Crippen LogP contribution in [0, 0.1) is 5.92 Å². The number of piperidine rings is 1. The summed E-state index contributed by atoms with van der Waals surface area (Å²) in [6.07, 6.45) is -0.582. The van der Waals surface area contributed by atoms with Gasteiger partial charge in [-0.25, -0.2) is 9.59 Å². The van der Waals surface area contributed by atoms with Crippen LogP contribution in [0.15, 0.2) is 24.3 Å². The predicted molar refractivity (Wildman–Crippen MR) is 113 cm³/mol. The summed E-state index contributed by atoms with van der Waals surface area (Å²) < 4.78 is 16.1. The molecular formula is C22H30N2O8. The number of Topliss-reactive ketones (excluding diaryl/α,β-unsaturated/α-hetero) is 1. The lowest BCUT2D eigenvalue weighted by molar-refractivity contribution is -0.159. The standard InChI is InChI=1S/C22H30N2O8/c1-4-30-18(25)13-31-16-7-5-15(6-8-16)19(26)14(2)22(3,20(23)27)32-17-9-11-24(12-10-17)21(28)29/h5-8,14,17H,4,9-13H2,1-3H3,(H2,23,27)(H,28,29). The summed E-state index contributed by atoms with van der Waals surface area (Å²) in [6.45, 7) is 5.33. The Labute approximate surface area is 186 Å². The summed E-state index contributed by atoms with van der Waals surface area (Å²) >= 11 is 0. The summed E-state index contributed by atoms with van der Waals surface area (Å²) in [5, 5.41) is 9.07. The number of benzene rings is 1. The van der Waals surface area contributed by atoms with Crippen LogP contribution in [0.3, 0.4) is 0 Å². The predicted octanol–water partition coefficient (Wildman–Crippen LogP) is 1.85. The minimum atomic E-state index is -1.56. The molecule has 1 fully saturated rings.